The Morgan fingerprint density at radius 3 is 2.42 bits per heavy atom. The van der Waals surface area contributed by atoms with E-state index < -0.39 is 0 Å². The summed E-state index contributed by atoms with van der Waals surface area (Å²) in [4.78, 5) is 27.7. The Balaban J connectivity index is 1.22. The Morgan fingerprint density at radius 1 is 1.03 bits per heavy atom. The second kappa shape index (κ2) is 7.13. The fourth-order valence-electron chi connectivity index (χ4n) is 7.05. The second-order valence-corrected chi connectivity index (χ2v) is 11.3. The van der Waals surface area contributed by atoms with Gasteiger partial charge in [0.1, 0.15) is 0 Å². The average molecular weight is 433 g/mol. The number of benzene rings is 2. The third-order valence-electron chi connectivity index (χ3n) is 8.19. The molecule has 160 valence electrons. The molecule has 4 nitrogen and oxygen atoms in total. The fraction of sp³-hybridized carbons (Fsp3) is 0.462. The van der Waals surface area contributed by atoms with E-state index in [0.717, 1.165) is 27.5 Å². The van der Waals surface area contributed by atoms with E-state index in [-0.39, 0.29) is 23.3 Å². The maximum Gasteiger partial charge on any atom is 0.256 e. The molecular weight excluding hydrogens is 404 g/mol. The van der Waals surface area contributed by atoms with Gasteiger partial charge in [0.25, 0.3) is 11.8 Å². The molecule has 31 heavy (non-hydrogen) atoms. The van der Waals surface area contributed by atoms with Gasteiger partial charge in [-0.25, -0.2) is 0 Å². The minimum atomic E-state index is -0.124. The molecule has 1 unspecified atom stereocenters. The van der Waals surface area contributed by atoms with Crippen LogP contribution in [0.4, 0.5) is 5.69 Å². The van der Waals surface area contributed by atoms with Crippen LogP contribution in [-0.2, 0) is 0 Å². The zero-order valence-corrected chi connectivity index (χ0v) is 18.6. The molecule has 0 saturated heterocycles. The number of hydrogen-bond donors (Lipinski definition) is 2. The first-order valence-electron chi connectivity index (χ1n) is 11.5. The van der Waals surface area contributed by atoms with Gasteiger partial charge in [0, 0.05) is 21.4 Å². The highest BCUT2D eigenvalue weighted by Crippen LogP contribution is 2.61. The zero-order chi connectivity index (χ0) is 21.2. The topological polar surface area (TPSA) is 58.2 Å². The van der Waals surface area contributed by atoms with Crippen molar-refractivity contribution >= 4 is 29.3 Å². The fourth-order valence-corrected chi connectivity index (χ4v) is 8.06. The van der Waals surface area contributed by atoms with Gasteiger partial charge in [0.15, 0.2) is 0 Å². The number of anilines is 1. The van der Waals surface area contributed by atoms with Crippen molar-refractivity contribution in [2.45, 2.75) is 61.3 Å². The molecule has 2 aromatic carbocycles. The highest BCUT2D eigenvalue weighted by Gasteiger charge is 2.53. The summed E-state index contributed by atoms with van der Waals surface area (Å²) in [6.45, 7) is 2.21. The van der Waals surface area contributed by atoms with Crippen molar-refractivity contribution in [2.24, 2.45) is 23.2 Å². The lowest BCUT2D eigenvalue weighted by atomic mass is 9.48. The number of carbonyl (C=O) groups is 2. The largest absolute Gasteiger partial charge is 0.349 e. The minimum Gasteiger partial charge on any atom is -0.349 e. The van der Waals surface area contributed by atoms with Crippen LogP contribution >= 0.6 is 11.8 Å². The van der Waals surface area contributed by atoms with Gasteiger partial charge < -0.3 is 10.6 Å². The maximum absolute atomic E-state index is 13.2. The molecule has 2 aromatic rings. The van der Waals surface area contributed by atoms with Crippen molar-refractivity contribution in [1.82, 2.24) is 5.32 Å². The van der Waals surface area contributed by atoms with E-state index >= 15 is 0 Å². The molecule has 4 bridgehead atoms. The van der Waals surface area contributed by atoms with Crippen LogP contribution in [0.2, 0.25) is 0 Å². The Kier molecular flexibility index (Phi) is 4.46. The van der Waals surface area contributed by atoms with Crippen LogP contribution in [0.25, 0.3) is 0 Å². The van der Waals surface area contributed by atoms with E-state index in [2.05, 4.69) is 17.6 Å². The number of nitrogens with one attached hydrogen (secondary N) is 2. The summed E-state index contributed by atoms with van der Waals surface area (Å²) in [6.07, 6.45) is 8.04. The molecule has 7 rings (SSSR count). The third-order valence-corrected chi connectivity index (χ3v) is 9.35. The lowest BCUT2D eigenvalue weighted by molar-refractivity contribution is -0.0688. The lowest BCUT2D eigenvalue weighted by Gasteiger charge is -2.59. The van der Waals surface area contributed by atoms with Crippen molar-refractivity contribution in [3.63, 3.8) is 0 Å². The van der Waals surface area contributed by atoms with Crippen molar-refractivity contribution in [3.8, 4) is 0 Å². The normalized spacial score (nSPS) is 31.3. The highest BCUT2D eigenvalue weighted by atomic mass is 32.2. The lowest BCUT2D eigenvalue weighted by Crippen LogP contribution is -2.55. The molecule has 4 fully saturated rings. The van der Waals surface area contributed by atoms with Crippen LogP contribution in [0.3, 0.4) is 0 Å². The van der Waals surface area contributed by atoms with Crippen LogP contribution in [-0.4, -0.2) is 17.9 Å². The van der Waals surface area contributed by atoms with Crippen LogP contribution in [0.15, 0.2) is 52.3 Å². The second-order valence-electron chi connectivity index (χ2n) is 10.2. The Hall–Kier alpha value is -2.27. The minimum absolute atomic E-state index is 0.0351. The predicted molar refractivity (Wildman–Crippen MR) is 122 cm³/mol. The molecule has 0 aromatic heterocycles. The molecule has 0 spiro atoms. The summed E-state index contributed by atoms with van der Waals surface area (Å²) in [7, 11) is 0. The summed E-state index contributed by atoms with van der Waals surface area (Å²) in [5.74, 6) is 2.44. The highest BCUT2D eigenvalue weighted by molar-refractivity contribution is 7.99. The quantitative estimate of drug-likeness (QED) is 0.650. The molecule has 5 aliphatic rings. The first-order valence-corrected chi connectivity index (χ1v) is 12.3. The smallest absolute Gasteiger partial charge is 0.256 e. The summed E-state index contributed by atoms with van der Waals surface area (Å²) in [6, 6.07) is 13.5. The first kappa shape index (κ1) is 19.4. The molecule has 5 heteroatoms. The molecule has 1 aliphatic heterocycles. The molecule has 2 amide bonds. The van der Waals surface area contributed by atoms with E-state index in [1.165, 1.54) is 38.5 Å². The predicted octanol–water partition coefficient (Wildman–Crippen LogP) is 5.74. The molecule has 1 atom stereocenters. The number of carbonyl (C=O) groups excluding carboxylic acids is 2. The maximum atomic E-state index is 13.2. The van der Waals surface area contributed by atoms with Crippen LogP contribution in [0, 0.1) is 23.2 Å². The summed E-state index contributed by atoms with van der Waals surface area (Å²) < 4.78 is 0. The van der Waals surface area contributed by atoms with Crippen molar-refractivity contribution in [1.29, 1.82) is 0 Å². The number of hydrogen-bond acceptors (Lipinski definition) is 3. The van der Waals surface area contributed by atoms with Crippen LogP contribution in [0.5, 0.6) is 0 Å². The molecular formula is C26H28N2O2S. The van der Waals surface area contributed by atoms with Gasteiger partial charge in [-0.05, 0) is 98.9 Å². The Bertz CT molecular complexity index is 1040. The Labute approximate surface area is 187 Å². The van der Waals surface area contributed by atoms with E-state index in [1.807, 2.05) is 42.5 Å². The van der Waals surface area contributed by atoms with Crippen molar-refractivity contribution in [2.75, 3.05) is 5.32 Å². The van der Waals surface area contributed by atoms with Gasteiger partial charge in [-0.3, -0.25) is 9.59 Å². The van der Waals surface area contributed by atoms with Gasteiger partial charge in [0.05, 0.1) is 11.3 Å². The van der Waals surface area contributed by atoms with E-state index in [1.54, 1.807) is 11.8 Å². The van der Waals surface area contributed by atoms with Gasteiger partial charge in [-0.2, -0.15) is 0 Å². The van der Waals surface area contributed by atoms with Crippen molar-refractivity contribution < 1.29 is 9.59 Å². The third kappa shape index (κ3) is 3.29. The standard InChI is InChI=1S/C26H28N2O2S/c1-15(26-12-16-8-17(13-26)10-18(9-16)14-26)27-24(29)19-6-7-23-21(11-19)28-25(30)20-4-2-3-5-22(20)31-23/h2-7,11,15-18H,8-10,12-14H2,1H3,(H,27,29)(H,28,30). The zero-order valence-electron chi connectivity index (χ0n) is 17.8. The van der Waals surface area contributed by atoms with Gasteiger partial charge in [-0.15, -0.1) is 0 Å². The number of amides is 2. The number of fused-ring (bicyclic) bond motifs is 2. The Morgan fingerprint density at radius 2 is 1.71 bits per heavy atom. The molecule has 0 radical (unpaired) electrons. The molecule has 2 N–H and O–H groups in total. The summed E-state index contributed by atoms with van der Waals surface area (Å²) in [5, 5.41) is 6.34. The molecule has 1 heterocycles. The van der Waals surface area contributed by atoms with Crippen LogP contribution in [0.1, 0.15) is 66.2 Å². The first-order chi connectivity index (χ1) is 15.0. The number of rotatable bonds is 3. The summed E-state index contributed by atoms with van der Waals surface area (Å²) in [5.41, 5.74) is 2.27. The average Bonchev–Trinajstić information content (AvgIpc) is 2.88. The van der Waals surface area contributed by atoms with Crippen LogP contribution < -0.4 is 10.6 Å². The molecule has 4 aliphatic carbocycles. The van der Waals surface area contributed by atoms with Gasteiger partial charge in [0.2, 0.25) is 0 Å². The SMILES string of the molecule is CC(NC(=O)c1ccc2c(c1)NC(=O)c1ccccc1S2)C12CC3CC(CC(C3)C1)C2. The monoisotopic (exact) mass is 432 g/mol. The van der Waals surface area contributed by atoms with E-state index in [9.17, 15) is 9.59 Å². The van der Waals surface area contributed by atoms with Gasteiger partial charge >= 0.3 is 0 Å². The van der Waals surface area contributed by atoms with Gasteiger partial charge in [-0.1, -0.05) is 23.9 Å². The summed E-state index contributed by atoms with van der Waals surface area (Å²) >= 11 is 1.56. The van der Waals surface area contributed by atoms with E-state index in [4.69, 9.17) is 0 Å². The van der Waals surface area contributed by atoms with Crippen molar-refractivity contribution in [3.05, 3.63) is 53.6 Å². The molecule has 4 saturated carbocycles. The van der Waals surface area contributed by atoms with E-state index in [0.29, 0.717) is 16.8 Å².